The summed E-state index contributed by atoms with van der Waals surface area (Å²) in [4.78, 5) is 14.7. The Bertz CT molecular complexity index is 1000. The third-order valence-corrected chi connectivity index (χ3v) is 7.33. The van der Waals surface area contributed by atoms with Gasteiger partial charge in [0.05, 0.1) is 6.54 Å². The van der Waals surface area contributed by atoms with Gasteiger partial charge in [0, 0.05) is 16.8 Å². The van der Waals surface area contributed by atoms with E-state index in [0.29, 0.717) is 6.54 Å². The van der Waals surface area contributed by atoms with Crippen LogP contribution in [0.4, 0.5) is 0 Å². The molecule has 1 saturated heterocycles. The molecule has 4 rings (SSSR count). The van der Waals surface area contributed by atoms with E-state index in [-0.39, 0.29) is 0 Å². The number of piperidine rings is 1. The summed E-state index contributed by atoms with van der Waals surface area (Å²) in [6.07, 6.45) is 5.74. The number of hydrogen-bond acceptors (Lipinski definition) is 7. The van der Waals surface area contributed by atoms with Crippen LogP contribution in [-0.4, -0.2) is 42.7 Å². The van der Waals surface area contributed by atoms with Crippen molar-refractivity contribution in [1.29, 1.82) is 0 Å². The highest BCUT2D eigenvalue weighted by molar-refractivity contribution is 7.99. The van der Waals surface area contributed by atoms with Crippen LogP contribution in [0.15, 0.2) is 22.8 Å². The first-order valence-electron chi connectivity index (χ1n) is 9.74. The van der Waals surface area contributed by atoms with E-state index in [1.807, 2.05) is 13.0 Å². The van der Waals surface area contributed by atoms with Gasteiger partial charge in [0.15, 0.2) is 5.16 Å². The predicted octanol–water partition coefficient (Wildman–Crippen LogP) is 4.53. The van der Waals surface area contributed by atoms with E-state index in [4.69, 9.17) is 9.97 Å². The van der Waals surface area contributed by atoms with Gasteiger partial charge in [0.1, 0.15) is 21.5 Å². The molecule has 4 heterocycles. The van der Waals surface area contributed by atoms with Crippen LogP contribution in [0.5, 0.6) is 0 Å². The average Bonchev–Trinajstić information content (AvgIpc) is 3.16. The molecule has 1 aliphatic rings. The first kappa shape index (κ1) is 19.5. The molecule has 0 amide bonds. The molecule has 0 saturated carbocycles. The van der Waals surface area contributed by atoms with Gasteiger partial charge in [0.2, 0.25) is 0 Å². The van der Waals surface area contributed by atoms with Crippen molar-refractivity contribution in [1.82, 2.24) is 29.6 Å². The van der Waals surface area contributed by atoms with Crippen molar-refractivity contribution in [3.05, 3.63) is 34.7 Å². The Morgan fingerprint density at radius 3 is 2.64 bits per heavy atom. The maximum Gasteiger partial charge on any atom is 0.197 e. The molecule has 6 nitrogen and oxygen atoms in total. The van der Waals surface area contributed by atoms with E-state index in [0.717, 1.165) is 51.7 Å². The maximum atomic E-state index is 4.98. The third kappa shape index (κ3) is 3.86. The summed E-state index contributed by atoms with van der Waals surface area (Å²) < 4.78 is 2.07. The second-order valence-electron chi connectivity index (χ2n) is 7.28. The summed E-state index contributed by atoms with van der Waals surface area (Å²) >= 11 is 3.34. The summed E-state index contributed by atoms with van der Waals surface area (Å²) in [6.45, 7) is 13.9. The fourth-order valence-electron chi connectivity index (χ4n) is 3.58. The van der Waals surface area contributed by atoms with Gasteiger partial charge in [-0.25, -0.2) is 9.97 Å². The fourth-order valence-corrected chi connectivity index (χ4v) is 5.77. The first-order chi connectivity index (χ1) is 13.6. The minimum absolute atomic E-state index is 0.692. The first-order valence-corrected chi connectivity index (χ1v) is 11.4. The molecule has 0 atom stereocenters. The Hall–Kier alpha value is -1.77. The summed E-state index contributed by atoms with van der Waals surface area (Å²) in [6, 6.07) is 0. The molecule has 0 aliphatic carbocycles. The Balaban J connectivity index is 1.73. The molecule has 0 aromatic carbocycles. The standard InChI is InChI=1S/C20H26N6S2/c1-5-9-26-15(4)23-24-20(26)28-19-17-13(2)14(3)27-18(17)21-16(22-19)12-25-10-7-6-8-11-25/h5H,1,6-12H2,2-4H3. The molecule has 0 radical (unpaired) electrons. The van der Waals surface area contributed by atoms with Crippen molar-refractivity contribution in [2.75, 3.05) is 13.1 Å². The lowest BCUT2D eigenvalue weighted by Gasteiger charge is -2.25. The Labute approximate surface area is 174 Å². The van der Waals surface area contributed by atoms with Gasteiger partial charge in [-0.05, 0) is 64.0 Å². The SMILES string of the molecule is C=CCn1c(C)nnc1Sc1nc(CN2CCCCC2)nc2sc(C)c(C)c12. The van der Waals surface area contributed by atoms with Gasteiger partial charge in [0.25, 0.3) is 0 Å². The van der Waals surface area contributed by atoms with E-state index in [9.17, 15) is 0 Å². The van der Waals surface area contributed by atoms with Crippen LogP contribution >= 0.6 is 23.1 Å². The zero-order valence-electron chi connectivity index (χ0n) is 16.7. The Morgan fingerprint density at radius 1 is 1.11 bits per heavy atom. The van der Waals surface area contributed by atoms with Crippen LogP contribution < -0.4 is 0 Å². The lowest BCUT2D eigenvalue weighted by atomic mass is 10.1. The van der Waals surface area contributed by atoms with Crippen LogP contribution in [0.1, 0.15) is 41.4 Å². The summed E-state index contributed by atoms with van der Waals surface area (Å²) in [5.41, 5.74) is 1.26. The van der Waals surface area contributed by atoms with Crippen molar-refractivity contribution in [3.8, 4) is 0 Å². The molecular formula is C20H26N6S2. The van der Waals surface area contributed by atoms with Crippen LogP contribution in [0, 0.1) is 20.8 Å². The summed E-state index contributed by atoms with van der Waals surface area (Å²) in [5.74, 6) is 1.80. The number of rotatable bonds is 6. The Morgan fingerprint density at radius 2 is 1.89 bits per heavy atom. The second kappa shape index (κ2) is 8.31. The molecule has 3 aromatic heterocycles. The lowest BCUT2D eigenvalue weighted by molar-refractivity contribution is 0.216. The van der Waals surface area contributed by atoms with Gasteiger partial charge >= 0.3 is 0 Å². The lowest BCUT2D eigenvalue weighted by Crippen LogP contribution is -2.29. The number of nitrogens with zero attached hydrogens (tertiary/aromatic N) is 6. The van der Waals surface area contributed by atoms with Crippen LogP contribution in [0.25, 0.3) is 10.2 Å². The molecule has 8 heteroatoms. The normalized spacial score (nSPS) is 15.4. The second-order valence-corrected chi connectivity index (χ2v) is 9.44. The van der Waals surface area contributed by atoms with Crippen molar-refractivity contribution in [2.24, 2.45) is 0 Å². The molecule has 28 heavy (non-hydrogen) atoms. The van der Waals surface area contributed by atoms with Gasteiger partial charge in [-0.1, -0.05) is 12.5 Å². The highest BCUT2D eigenvalue weighted by Crippen LogP contribution is 2.37. The number of likely N-dealkylation sites (tertiary alicyclic amines) is 1. The van der Waals surface area contributed by atoms with Crippen LogP contribution in [0.2, 0.25) is 0 Å². The van der Waals surface area contributed by atoms with Crippen LogP contribution in [-0.2, 0) is 13.1 Å². The maximum absolute atomic E-state index is 4.98. The minimum Gasteiger partial charge on any atom is -0.302 e. The highest BCUT2D eigenvalue weighted by Gasteiger charge is 2.20. The molecule has 0 bridgehead atoms. The fraction of sp³-hybridized carbons (Fsp3) is 0.500. The third-order valence-electron chi connectivity index (χ3n) is 5.26. The molecule has 0 spiro atoms. The van der Waals surface area contributed by atoms with E-state index in [2.05, 4.69) is 40.1 Å². The molecule has 1 aliphatic heterocycles. The number of aryl methyl sites for hydroxylation is 3. The zero-order valence-corrected chi connectivity index (χ0v) is 18.4. The number of thiophene rings is 1. The number of aromatic nitrogens is 5. The molecule has 3 aromatic rings. The van der Waals surface area contributed by atoms with Gasteiger partial charge in [-0.3, -0.25) is 4.90 Å². The number of allylic oxidation sites excluding steroid dienone is 1. The van der Waals surface area contributed by atoms with Crippen molar-refractivity contribution >= 4 is 33.3 Å². The van der Waals surface area contributed by atoms with Gasteiger partial charge < -0.3 is 4.57 Å². The number of fused-ring (bicyclic) bond motifs is 1. The average molecular weight is 415 g/mol. The van der Waals surface area contributed by atoms with E-state index < -0.39 is 0 Å². The quantitative estimate of drug-likeness (QED) is 0.436. The zero-order chi connectivity index (χ0) is 19.7. The molecule has 1 fully saturated rings. The smallest absolute Gasteiger partial charge is 0.197 e. The molecule has 0 unspecified atom stereocenters. The molecular weight excluding hydrogens is 388 g/mol. The number of hydrogen-bond donors (Lipinski definition) is 0. The van der Waals surface area contributed by atoms with Crippen molar-refractivity contribution in [2.45, 2.75) is 63.3 Å². The van der Waals surface area contributed by atoms with Gasteiger partial charge in [-0.2, -0.15) is 0 Å². The predicted molar refractivity (Wildman–Crippen MR) is 115 cm³/mol. The largest absolute Gasteiger partial charge is 0.302 e. The van der Waals surface area contributed by atoms with Crippen molar-refractivity contribution in [3.63, 3.8) is 0 Å². The van der Waals surface area contributed by atoms with E-state index in [1.165, 1.54) is 29.7 Å². The van der Waals surface area contributed by atoms with Crippen molar-refractivity contribution < 1.29 is 0 Å². The minimum atomic E-state index is 0.692. The highest BCUT2D eigenvalue weighted by atomic mass is 32.2. The Kier molecular flexibility index (Phi) is 5.80. The van der Waals surface area contributed by atoms with Gasteiger partial charge in [-0.15, -0.1) is 28.1 Å². The molecule has 148 valence electrons. The monoisotopic (exact) mass is 414 g/mol. The summed E-state index contributed by atoms with van der Waals surface area (Å²) in [7, 11) is 0. The molecule has 0 N–H and O–H groups in total. The summed E-state index contributed by atoms with van der Waals surface area (Å²) in [5, 5.41) is 11.6. The topological polar surface area (TPSA) is 59.7 Å². The van der Waals surface area contributed by atoms with Crippen LogP contribution in [0.3, 0.4) is 0 Å². The van der Waals surface area contributed by atoms with E-state index in [1.54, 1.807) is 23.1 Å². The van der Waals surface area contributed by atoms with E-state index >= 15 is 0 Å².